The fourth-order valence-corrected chi connectivity index (χ4v) is 2.94. The van der Waals surface area contributed by atoms with E-state index in [1.807, 2.05) is 24.4 Å². The van der Waals surface area contributed by atoms with E-state index in [0.717, 1.165) is 50.5 Å². The summed E-state index contributed by atoms with van der Waals surface area (Å²) in [5.41, 5.74) is 8.30. The van der Waals surface area contributed by atoms with Crippen molar-refractivity contribution in [3.63, 3.8) is 0 Å². The molecule has 6 nitrogen and oxygen atoms in total. The highest BCUT2D eigenvalue weighted by Gasteiger charge is 2.14. The lowest BCUT2D eigenvalue weighted by atomic mass is 10.1. The molecule has 0 saturated carbocycles. The van der Waals surface area contributed by atoms with Gasteiger partial charge in [-0.05, 0) is 30.7 Å². The molecule has 0 unspecified atom stereocenters. The molecule has 0 aliphatic carbocycles. The van der Waals surface area contributed by atoms with Crippen LogP contribution in [0, 0.1) is 0 Å². The maximum atomic E-state index is 5.95. The summed E-state index contributed by atoms with van der Waals surface area (Å²) in [4.78, 5) is 13.7. The molecule has 1 aromatic heterocycles. The van der Waals surface area contributed by atoms with Crippen LogP contribution in [0.4, 0.5) is 5.82 Å². The molecule has 0 amide bonds. The van der Waals surface area contributed by atoms with Gasteiger partial charge in [0.2, 0.25) is 0 Å². The monoisotopic (exact) mass is 352 g/mol. The van der Waals surface area contributed by atoms with E-state index in [1.54, 1.807) is 0 Å². The molecule has 3 N–H and O–H groups in total. The topological polar surface area (TPSA) is 69.8 Å². The molecule has 0 radical (unpaired) electrons. The number of hydrogen-bond donors (Lipinski definition) is 2. The number of nitrogens with one attached hydrogen (secondary N) is 1. The molecular weight excluding hydrogens is 324 g/mol. The quantitative estimate of drug-likeness (QED) is 0.609. The number of aromatic nitrogens is 1. The number of hydrogen-bond acceptors (Lipinski definition) is 4. The Morgan fingerprint density at radius 1 is 1.08 bits per heavy atom. The van der Waals surface area contributed by atoms with Crippen LogP contribution >= 0.6 is 0 Å². The average molecular weight is 352 g/mol. The third-order valence-electron chi connectivity index (χ3n) is 4.63. The largest absolute Gasteiger partial charge is 0.370 e. The van der Waals surface area contributed by atoms with Gasteiger partial charge in [0.25, 0.3) is 0 Å². The van der Waals surface area contributed by atoms with E-state index < -0.39 is 0 Å². The Labute approximate surface area is 155 Å². The van der Waals surface area contributed by atoms with Crippen molar-refractivity contribution in [3.05, 3.63) is 59.8 Å². The van der Waals surface area contributed by atoms with E-state index in [-0.39, 0.29) is 0 Å². The summed E-state index contributed by atoms with van der Waals surface area (Å²) in [5, 5.41) is 3.16. The summed E-state index contributed by atoms with van der Waals surface area (Å²) in [6.45, 7) is 5.54. The van der Waals surface area contributed by atoms with Crippen LogP contribution in [-0.2, 0) is 13.0 Å². The van der Waals surface area contributed by atoms with Crippen LogP contribution in [0.15, 0.2) is 53.7 Å². The van der Waals surface area contributed by atoms with Gasteiger partial charge in [0.05, 0.1) is 6.54 Å². The second-order valence-corrected chi connectivity index (χ2v) is 6.68. The van der Waals surface area contributed by atoms with Crippen LogP contribution in [0.5, 0.6) is 0 Å². The highest BCUT2D eigenvalue weighted by molar-refractivity contribution is 5.77. The molecule has 1 aromatic carbocycles. The summed E-state index contributed by atoms with van der Waals surface area (Å²) >= 11 is 0. The number of rotatable bonds is 6. The van der Waals surface area contributed by atoms with Gasteiger partial charge < -0.3 is 20.9 Å². The van der Waals surface area contributed by atoms with Crippen molar-refractivity contribution in [1.29, 1.82) is 0 Å². The molecule has 1 aliphatic heterocycles. The van der Waals surface area contributed by atoms with Crippen molar-refractivity contribution < 1.29 is 0 Å². The van der Waals surface area contributed by atoms with Gasteiger partial charge in [-0.1, -0.05) is 36.4 Å². The van der Waals surface area contributed by atoms with Gasteiger partial charge in [-0.15, -0.1) is 0 Å². The SMILES string of the molecule is CN1CCN(c2ccc(CN=C(N)NCCc3ccccc3)cn2)CC1. The molecule has 138 valence electrons. The van der Waals surface area contributed by atoms with Crippen molar-refractivity contribution in [3.8, 4) is 0 Å². The lowest BCUT2D eigenvalue weighted by Gasteiger charge is -2.33. The van der Waals surface area contributed by atoms with Gasteiger partial charge in [-0.25, -0.2) is 9.98 Å². The molecule has 3 rings (SSSR count). The van der Waals surface area contributed by atoms with Crippen LogP contribution in [0.25, 0.3) is 0 Å². The molecule has 1 aliphatic rings. The van der Waals surface area contributed by atoms with Crippen molar-refractivity contribution in [2.45, 2.75) is 13.0 Å². The zero-order valence-corrected chi connectivity index (χ0v) is 15.4. The van der Waals surface area contributed by atoms with Gasteiger partial charge in [0, 0.05) is 38.9 Å². The Bertz CT molecular complexity index is 690. The zero-order valence-electron chi connectivity index (χ0n) is 15.4. The Kier molecular flexibility index (Phi) is 6.44. The van der Waals surface area contributed by atoms with Gasteiger partial charge in [-0.2, -0.15) is 0 Å². The van der Waals surface area contributed by atoms with E-state index in [4.69, 9.17) is 5.73 Å². The zero-order chi connectivity index (χ0) is 18.2. The highest BCUT2D eigenvalue weighted by atomic mass is 15.3. The van der Waals surface area contributed by atoms with E-state index in [9.17, 15) is 0 Å². The number of benzene rings is 1. The van der Waals surface area contributed by atoms with Crippen LogP contribution in [-0.4, -0.2) is 55.6 Å². The number of nitrogens with zero attached hydrogens (tertiary/aromatic N) is 4. The van der Waals surface area contributed by atoms with Crippen LogP contribution < -0.4 is 16.0 Å². The third kappa shape index (κ3) is 5.46. The fraction of sp³-hybridized carbons (Fsp3) is 0.400. The Morgan fingerprint density at radius 3 is 2.54 bits per heavy atom. The maximum absolute atomic E-state index is 5.95. The number of likely N-dealkylation sites (N-methyl/N-ethyl adjacent to an activating group) is 1. The summed E-state index contributed by atoms with van der Waals surface area (Å²) in [6.07, 6.45) is 2.83. The summed E-state index contributed by atoms with van der Waals surface area (Å²) < 4.78 is 0. The normalized spacial score (nSPS) is 15.9. The second kappa shape index (κ2) is 9.20. The standard InChI is InChI=1S/C20H28N6/c1-25-11-13-26(14-12-25)19-8-7-18(15-23-19)16-24-20(21)22-10-9-17-5-3-2-4-6-17/h2-8,15H,9-14,16H2,1H3,(H3,21,22,24). The highest BCUT2D eigenvalue weighted by Crippen LogP contribution is 2.13. The first kappa shape index (κ1) is 18.2. The third-order valence-corrected chi connectivity index (χ3v) is 4.63. The van der Waals surface area contributed by atoms with Crippen molar-refractivity contribution >= 4 is 11.8 Å². The van der Waals surface area contributed by atoms with Crippen LogP contribution in [0.1, 0.15) is 11.1 Å². The number of guanidine groups is 1. The number of aliphatic imine (C=N–C) groups is 1. The molecule has 1 saturated heterocycles. The smallest absolute Gasteiger partial charge is 0.188 e. The average Bonchev–Trinajstić information content (AvgIpc) is 2.68. The molecule has 26 heavy (non-hydrogen) atoms. The minimum absolute atomic E-state index is 0.476. The Hall–Kier alpha value is -2.60. The molecule has 0 bridgehead atoms. The molecule has 1 fully saturated rings. The van der Waals surface area contributed by atoms with Crippen molar-refractivity contribution in [1.82, 2.24) is 15.2 Å². The first-order valence-electron chi connectivity index (χ1n) is 9.17. The molecule has 0 spiro atoms. The maximum Gasteiger partial charge on any atom is 0.188 e. The number of anilines is 1. The van der Waals surface area contributed by atoms with Crippen molar-refractivity contribution in [2.24, 2.45) is 10.7 Å². The lowest BCUT2D eigenvalue weighted by molar-refractivity contribution is 0.312. The number of piperazine rings is 1. The van der Waals surface area contributed by atoms with Gasteiger partial charge >= 0.3 is 0 Å². The Morgan fingerprint density at radius 2 is 1.85 bits per heavy atom. The molecular formula is C20H28N6. The minimum Gasteiger partial charge on any atom is -0.370 e. The minimum atomic E-state index is 0.476. The molecule has 2 aromatic rings. The Balaban J connectivity index is 1.44. The molecule has 0 atom stereocenters. The second-order valence-electron chi connectivity index (χ2n) is 6.68. The first-order valence-corrected chi connectivity index (χ1v) is 9.17. The number of nitrogens with two attached hydrogens (primary N) is 1. The molecule has 6 heteroatoms. The predicted molar refractivity (Wildman–Crippen MR) is 107 cm³/mol. The lowest BCUT2D eigenvalue weighted by Crippen LogP contribution is -2.44. The number of pyridine rings is 1. The van der Waals surface area contributed by atoms with Crippen LogP contribution in [0.2, 0.25) is 0 Å². The van der Waals surface area contributed by atoms with Gasteiger partial charge in [0.15, 0.2) is 5.96 Å². The van der Waals surface area contributed by atoms with E-state index in [0.29, 0.717) is 12.5 Å². The molecule has 2 heterocycles. The summed E-state index contributed by atoms with van der Waals surface area (Å²) in [6, 6.07) is 14.5. The summed E-state index contributed by atoms with van der Waals surface area (Å²) in [7, 11) is 2.16. The van der Waals surface area contributed by atoms with E-state index in [1.165, 1.54) is 5.56 Å². The van der Waals surface area contributed by atoms with Gasteiger partial charge in [0.1, 0.15) is 5.82 Å². The van der Waals surface area contributed by atoms with E-state index in [2.05, 4.69) is 56.4 Å². The van der Waals surface area contributed by atoms with Gasteiger partial charge in [-0.3, -0.25) is 0 Å². The van der Waals surface area contributed by atoms with Crippen molar-refractivity contribution in [2.75, 3.05) is 44.7 Å². The van der Waals surface area contributed by atoms with E-state index >= 15 is 0 Å². The van der Waals surface area contributed by atoms with Crippen LogP contribution in [0.3, 0.4) is 0 Å². The fourth-order valence-electron chi connectivity index (χ4n) is 2.94. The first-order chi connectivity index (χ1) is 12.7. The summed E-state index contributed by atoms with van der Waals surface area (Å²) in [5.74, 6) is 1.52. The predicted octanol–water partition coefficient (Wildman–Crippen LogP) is 1.48.